The normalized spacial score (nSPS) is 33.6. The van der Waals surface area contributed by atoms with Gasteiger partial charge >= 0.3 is 0 Å². The molecule has 18 heavy (non-hydrogen) atoms. The van der Waals surface area contributed by atoms with Crippen LogP contribution in [-0.2, 0) is 9.59 Å². The van der Waals surface area contributed by atoms with Crippen LogP contribution in [0.5, 0.6) is 0 Å². The first-order valence-corrected chi connectivity index (χ1v) is 6.96. The number of amides is 1. The van der Waals surface area contributed by atoms with E-state index in [1.165, 1.54) is 11.3 Å². The maximum Gasteiger partial charge on any atom is 0.230 e. The second-order valence-electron chi connectivity index (χ2n) is 5.03. The molecule has 2 saturated carbocycles. The molecule has 0 radical (unpaired) electrons. The molecule has 1 aromatic heterocycles. The third-order valence-electron chi connectivity index (χ3n) is 4.15. The van der Waals surface area contributed by atoms with Gasteiger partial charge < -0.3 is 15.2 Å². The van der Waals surface area contributed by atoms with E-state index in [0.717, 1.165) is 19.3 Å². The maximum atomic E-state index is 12.2. The molecule has 1 amide bonds. The van der Waals surface area contributed by atoms with E-state index >= 15 is 0 Å². The molecule has 2 aliphatic carbocycles. The SMILES string of the molecule is O=C([O-])C1C2CCC(C2)C1C(=O)Nc1nccs1. The number of nitrogens with one attached hydrogen (secondary N) is 1. The molecule has 1 N–H and O–H groups in total. The van der Waals surface area contributed by atoms with Gasteiger partial charge in [-0.2, -0.15) is 0 Å². The van der Waals surface area contributed by atoms with Gasteiger partial charge in [-0.05, 0) is 31.1 Å². The monoisotopic (exact) mass is 265 g/mol. The highest BCUT2D eigenvalue weighted by Crippen LogP contribution is 2.52. The summed E-state index contributed by atoms with van der Waals surface area (Å²) in [6.07, 6.45) is 4.31. The summed E-state index contributed by atoms with van der Waals surface area (Å²) in [5.74, 6) is -2.06. The minimum Gasteiger partial charge on any atom is -0.550 e. The molecule has 0 spiro atoms. The van der Waals surface area contributed by atoms with Gasteiger partial charge in [-0.25, -0.2) is 4.98 Å². The number of carbonyl (C=O) groups is 2. The molecule has 4 atom stereocenters. The number of carbonyl (C=O) groups excluding carboxylic acids is 2. The number of carboxylic acid groups (broad SMARTS) is 1. The van der Waals surface area contributed by atoms with Crippen molar-refractivity contribution in [2.75, 3.05) is 5.32 Å². The molecule has 4 unspecified atom stereocenters. The predicted octanol–water partition coefficient (Wildman–Crippen LogP) is 0.494. The first-order chi connectivity index (χ1) is 8.66. The second kappa shape index (κ2) is 4.35. The van der Waals surface area contributed by atoms with E-state index in [1.54, 1.807) is 11.6 Å². The molecule has 3 rings (SSSR count). The number of anilines is 1. The number of thiazole rings is 1. The van der Waals surface area contributed by atoms with Crippen molar-refractivity contribution in [3.8, 4) is 0 Å². The van der Waals surface area contributed by atoms with E-state index in [0.29, 0.717) is 5.13 Å². The fourth-order valence-corrected chi connectivity index (χ4v) is 4.01. The zero-order valence-electron chi connectivity index (χ0n) is 9.67. The van der Waals surface area contributed by atoms with Crippen molar-refractivity contribution in [3.63, 3.8) is 0 Å². The molecule has 5 nitrogen and oxygen atoms in total. The van der Waals surface area contributed by atoms with Gasteiger partial charge in [0.15, 0.2) is 5.13 Å². The summed E-state index contributed by atoms with van der Waals surface area (Å²) >= 11 is 1.33. The van der Waals surface area contributed by atoms with Gasteiger partial charge in [-0.1, -0.05) is 0 Å². The summed E-state index contributed by atoms with van der Waals surface area (Å²) in [6, 6.07) is 0. The summed E-state index contributed by atoms with van der Waals surface area (Å²) in [4.78, 5) is 27.4. The van der Waals surface area contributed by atoms with E-state index in [1.807, 2.05) is 0 Å². The molecule has 1 aromatic rings. The Morgan fingerprint density at radius 3 is 2.67 bits per heavy atom. The second-order valence-corrected chi connectivity index (χ2v) is 5.92. The molecule has 2 fully saturated rings. The summed E-state index contributed by atoms with van der Waals surface area (Å²) in [5, 5.41) is 16.2. The summed E-state index contributed by atoms with van der Waals surface area (Å²) in [6.45, 7) is 0. The van der Waals surface area contributed by atoms with Crippen LogP contribution in [0.1, 0.15) is 19.3 Å². The third-order valence-corrected chi connectivity index (χ3v) is 4.84. The standard InChI is InChI=1S/C12H14N2O3S/c15-10(14-12-13-3-4-18-12)8-6-1-2-7(5-6)9(8)11(16)17/h3-4,6-9H,1-2,5H2,(H,16,17)(H,13,14,15)/p-1. The largest absolute Gasteiger partial charge is 0.550 e. The van der Waals surface area contributed by atoms with Crippen LogP contribution in [0.4, 0.5) is 5.13 Å². The Morgan fingerprint density at radius 1 is 1.33 bits per heavy atom. The fraction of sp³-hybridized carbons (Fsp3) is 0.583. The Bertz CT molecular complexity index is 474. The predicted molar refractivity (Wildman–Crippen MR) is 63.6 cm³/mol. The lowest BCUT2D eigenvalue weighted by Crippen LogP contribution is -2.43. The number of hydrogen-bond acceptors (Lipinski definition) is 5. The average Bonchev–Trinajstić information content (AvgIpc) is 3.03. The molecule has 0 aromatic carbocycles. The van der Waals surface area contributed by atoms with E-state index in [4.69, 9.17) is 0 Å². The van der Waals surface area contributed by atoms with E-state index in [2.05, 4.69) is 10.3 Å². The van der Waals surface area contributed by atoms with Crippen LogP contribution in [0.15, 0.2) is 11.6 Å². The first kappa shape index (κ1) is 11.6. The van der Waals surface area contributed by atoms with E-state index in [-0.39, 0.29) is 17.7 Å². The van der Waals surface area contributed by atoms with Crippen LogP contribution >= 0.6 is 11.3 Å². The average molecular weight is 265 g/mol. The molecule has 0 saturated heterocycles. The zero-order chi connectivity index (χ0) is 12.7. The van der Waals surface area contributed by atoms with Crippen LogP contribution in [0.3, 0.4) is 0 Å². The smallest absolute Gasteiger partial charge is 0.230 e. The topological polar surface area (TPSA) is 82.1 Å². The van der Waals surface area contributed by atoms with Gasteiger partial charge in [0, 0.05) is 29.4 Å². The number of nitrogens with zero attached hydrogens (tertiary/aromatic N) is 1. The molecule has 2 aliphatic rings. The highest BCUT2D eigenvalue weighted by molar-refractivity contribution is 7.13. The van der Waals surface area contributed by atoms with Gasteiger partial charge in [0.25, 0.3) is 0 Å². The minimum atomic E-state index is -1.08. The van der Waals surface area contributed by atoms with Gasteiger partial charge in [0.1, 0.15) is 0 Å². The molecule has 1 heterocycles. The Morgan fingerprint density at radius 2 is 2.06 bits per heavy atom. The molecular formula is C12H13N2O3S-. The Labute approximate surface area is 108 Å². The number of carboxylic acids is 1. The van der Waals surface area contributed by atoms with Crippen molar-refractivity contribution < 1.29 is 14.7 Å². The van der Waals surface area contributed by atoms with E-state index < -0.39 is 17.8 Å². The highest BCUT2D eigenvalue weighted by atomic mass is 32.1. The zero-order valence-corrected chi connectivity index (χ0v) is 10.5. The summed E-state index contributed by atoms with van der Waals surface area (Å²) in [7, 11) is 0. The van der Waals surface area contributed by atoms with Gasteiger partial charge in [-0.15, -0.1) is 11.3 Å². The lowest BCUT2D eigenvalue weighted by Gasteiger charge is -2.30. The number of aromatic nitrogens is 1. The van der Waals surface area contributed by atoms with Crippen molar-refractivity contribution >= 4 is 28.3 Å². The molecule has 0 aliphatic heterocycles. The van der Waals surface area contributed by atoms with Crippen molar-refractivity contribution in [2.24, 2.45) is 23.7 Å². The lowest BCUT2D eigenvalue weighted by molar-refractivity contribution is -0.314. The maximum absolute atomic E-state index is 12.2. The van der Waals surface area contributed by atoms with Crippen molar-refractivity contribution in [2.45, 2.75) is 19.3 Å². The van der Waals surface area contributed by atoms with Crippen LogP contribution in [-0.4, -0.2) is 16.9 Å². The third kappa shape index (κ3) is 1.80. The fourth-order valence-electron chi connectivity index (χ4n) is 3.48. The van der Waals surface area contributed by atoms with Gasteiger partial charge in [0.05, 0.1) is 0 Å². The van der Waals surface area contributed by atoms with Gasteiger partial charge in [-0.3, -0.25) is 4.79 Å². The Kier molecular flexibility index (Phi) is 2.81. The molecule has 96 valence electrons. The minimum absolute atomic E-state index is 0.118. The Balaban J connectivity index is 1.78. The number of aliphatic carboxylic acids is 1. The molecule has 6 heteroatoms. The van der Waals surface area contributed by atoms with Crippen LogP contribution in [0, 0.1) is 23.7 Å². The lowest BCUT2D eigenvalue weighted by atomic mass is 9.79. The quantitative estimate of drug-likeness (QED) is 0.862. The van der Waals surface area contributed by atoms with Crippen molar-refractivity contribution in [3.05, 3.63) is 11.6 Å². The van der Waals surface area contributed by atoms with Crippen molar-refractivity contribution in [1.29, 1.82) is 0 Å². The highest BCUT2D eigenvalue weighted by Gasteiger charge is 2.51. The number of hydrogen-bond donors (Lipinski definition) is 1. The Hall–Kier alpha value is -1.43. The van der Waals surface area contributed by atoms with Crippen molar-refractivity contribution in [1.82, 2.24) is 4.98 Å². The van der Waals surface area contributed by atoms with Crippen LogP contribution in [0.2, 0.25) is 0 Å². The summed E-state index contributed by atoms with van der Waals surface area (Å²) in [5.41, 5.74) is 0. The first-order valence-electron chi connectivity index (χ1n) is 6.08. The van der Waals surface area contributed by atoms with Crippen LogP contribution < -0.4 is 10.4 Å². The van der Waals surface area contributed by atoms with Gasteiger partial charge in [0.2, 0.25) is 5.91 Å². The number of fused-ring (bicyclic) bond motifs is 2. The van der Waals surface area contributed by atoms with E-state index in [9.17, 15) is 14.7 Å². The van der Waals surface area contributed by atoms with Crippen LogP contribution in [0.25, 0.3) is 0 Å². The number of rotatable bonds is 3. The molecular weight excluding hydrogens is 252 g/mol. The summed E-state index contributed by atoms with van der Waals surface area (Å²) < 4.78 is 0. The molecule has 2 bridgehead atoms.